The highest BCUT2D eigenvalue weighted by molar-refractivity contribution is 5.94. The van der Waals surface area contributed by atoms with E-state index in [1.54, 1.807) is 0 Å². The Kier molecular flexibility index (Phi) is 3.85. The normalized spacial score (nSPS) is 37.5. The van der Waals surface area contributed by atoms with Crippen LogP contribution >= 0.6 is 0 Å². The minimum Gasteiger partial charge on any atom is -0.352 e. The van der Waals surface area contributed by atoms with Gasteiger partial charge < -0.3 is 5.32 Å². The first kappa shape index (κ1) is 18.4. The summed E-state index contributed by atoms with van der Waals surface area (Å²) in [6.07, 6.45) is 4.68. The monoisotopic (exact) mass is 398 g/mol. The molecule has 1 spiro atoms. The second kappa shape index (κ2) is 6.29. The highest BCUT2D eigenvalue weighted by Crippen LogP contribution is 2.96. The molecule has 3 heteroatoms. The smallest absolute Gasteiger partial charge is 0.224 e. The highest BCUT2D eigenvalue weighted by Gasteiger charge is 2.91. The maximum Gasteiger partial charge on any atom is 0.224 e. The van der Waals surface area contributed by atoms with Gasteiger partial charge in [-0.1, -0.05) is 54.6 Å². The van der Waals surface area contributed by atoms with Crippen molar-refractivity contribution >= 4 is 11.6 Å². The molecule has 1 N–H and O–H groups in total. The molecule has 30 heavy (non-hydrogen) atoms. The van der Waals surface area contributed by atoms with E-state index in [0.29, 0.717) is 29.7 Å². The first-order valence-electron chi connectivity index (χ1n) is 11.4. The van der Waals surface area contributed by atoms with Gasteiger partial charge >= 0.3 is 0 Å². The molecular formula is C27H30N2O. The van der Waals surface area contributed by atoms with Crippen molar-refractivity contribution in [2.45, 2.75) is 45.1 Å². The van der Waals surface area contributed by atoms with Crippen LogP contribution in [0, 0.1) is 28.6 Å². The van der Waals surface area contributed by atoms with Crippen LogP contribution in [0.4, 0.5) is 0 Å². The molecule has 4 fully saturated rings. The number of nitrogens with one attached hydrogen (secondary N) is 1. The van der Waals surface area contributed by atoms with Crippen LogP contribution in [0.1, 0.15) is 48.8 Å². The van der Waals surface area contributed by atoms with E-state index in [0.717, 1.165) is 28.9 Å². The first-order valence-corrected chi connectivity index (χ1v) is 11.4. The zero-order chi connectivity index (χ0) is 20.5. The summed E-state index contributed by atoms with van der Waals surface area (Å²) in [5.74, 6) is 3.53. The molecule has 0 bridgehead atoms. The fourth-order valence-electron chi connectivity index (χ4n) is 8.23. The van der Waals surface area contributed by atoms with Crippen molar-refractivity contribution in [2.24, 2.45) is 33.6 Å². The van der Waals surface area contributed by atoms with Crippen LogP contribution in [0.5, 0.6) is 0 Å². The Morgan fingerprint density at radius 1 is 1.03 bits per heavy atom. The number of hydrogen-bond donors (Lipinski definition) is 1. The zero-order valence-electron chi connectivity index (χ0n) is 17.9. The van der Waals surface area contributed by atoms with Gasteiger partial charge in [-0.3, -0.25) is 9.79 Å². The summed E-state index contributed by atoms with van der Waals surface area (Å²) in [7, 11) is 1.97. The van der Waals surface area contributed by atoms with E-state index in [1.807, 2.05) is 37.4 Å². The average Bonchev–Trinajstić information content (AvgIpc) is 2.72. The molecule has 3 nitrogen and oxygen atoms in total. The predicted molar refractivity (Wildman–Crippen MR) is 119 cm³/mol. The summed E-state index contributed by atoms with van der Waals surface area (Å²) in [4.78, 5) is 17.1. The van der Waals surface area contributed by atoms with Crippen LogP contribution in [0.25, 0.3) is 0 Å². The van der Waals surface area contributed by atoms with Gasteiger partial charge in [0.2, 0.25) is 5.91 Å². The van der Waals surface area contributed by atoms with E-state index in [9.17, 15) is 4.79 Å². The lowest BCUT2D eigenvalue weighted by molar-refractivity contribution is -0.418. The van der Waals surface area contributed by atoms with Crippen LogP contribution in [0.15, 0.2) is 59.6 Å². The number of amides is 1. The minimum absolute atomic E-state index is 0.0813. The van der Waals surface area contributed by atoms with Gasteiger partial charge in [-0.2, -0.15) is 0 Å². The maximum atomic E-state index is 12.4. The lowest BCUT2D eigenvalue weighted by Gasteiger charge is -2.94. The Morgan fingerprint density at radius 3 is 2.47 bits per heavy atom. The second-order valence-corrected chi connectivity index (χ2v) is 10.0. The molecule has 6 rings (SSSR count). The molecule has 5 unspecified atom stereocenters. The third-order valence-corrected chi connectivity index (χ3v) is 9.36. The fourth-order valence-corrected chi connectivity index (χ4v) is 8.23. The van der Waals surface area contributed by atoms with Gasteiger partial charge in [-0.25, -0.2) is 0 Å². The molecule has 4 aliphatic carbocycles. The number of benzene rings is 2. The molecule has 1 amide bonds. The molecule has 2 aromatic carbocycles. The van der Waals surface area contributed by atoms with Gasteiger partial charge in [0.1, 0.15) is 0 Å². The molecule has 154 valence electrons. The summed E-state index contributed by atoms with van der Waals surface area (Å²) in [6, 6.07) is 19.0. The number of aliphatic imine (C=N–C) groups is 1. The number of rotatable bonds is 6. The number of nitrogens with zero attached hydrogens (tertiary/aromatic N) is 1. The van der Waals surface area contributed by atoms with E-state index in [2.05, 4.69) is 36.5 Å². The van der Waals surface area contributed by atoms with Crippen LogP contribution < -0.4 is 5.32 Å². The van der Waals surface area contributed by atoms with Crippen molar-refractivity contribution < 1.29 is 4.79 Å². The lowest BCUT2D eigenvalue weighted by atomic mass is 9.09. The Labute approximate surface area is 179 Å². The fraction of sp³-hybridized carbons (Fsp3) is 0.481. The van der Waals surface area contributed by atoms with Crippen molar-refractivity contribution in [3.8, 4) is 0 Å². The topological polar surface area (TPSA) is 41.5 Å². The molecule has 0 heterocycles. The van der Waals surface area contributed by atoms with Gasteiger partial charge in [0.25, 0.3) is 0 Å². The highest BCUT2D eigenvalue weighted by atomic mass is 16.1. The summed E-state index contributed by atoms with van der Waals surface area (Å²) in [5.41, 5.74) is 6.03. The van der Waals surface area contributed by atoms with Gasteiger partial charge in [-0.05, 0) is 72.0 Å². The van der Waals surface area contributed by atoms with Gasteiger partial charge in [0.05, 0.1) is 6.42 Å². The van der Waals surface area contributed by atoms with Crippen LogP contribution in [-0.4, -0.2) is 18.7 Å². The van der Waals surface area contributed by atoms with Gasteiger partial charge in [0, 0.05) is 24.7 Å². The molecule has 4 aliphatic rings. The second-order valence-electron chi connectivity index (χ2n) is 10.0. The third-order valence-electron chi connectivity index (χ3n) is 9.36. The van der Waals surface area contributed by atoms with Gasteiger partial charge in [0.15, 0.2) is 0 Å². The van der Waals surface area contributed by atoms with Crippen LogP contribution in [-0.2, 0) is 17.8 Å². The molecule has 0 aromatic heterocycles. The van der Waals surface area contributed by atoms with Crippen LogP contribution in [0.2, 0.25) is 0 Å². The molecule has 0 radical (unpaired) electrons. The minimum atomic E-state index is 0.0813. The zero-order valence-corrected chi connectivity index (χ0v) is 17.9. The molecule has 6 atom stereocenters. The third kappa shape index (κ3) is 2.06. The van der Waals surface area contributed by atoms with E-state index in [-0.39, 0.29) is 5.91 Å². The number of carbonyl (C=O) groups excluding carboxylic acids is 1. The number of carbonyl (C=O) groups is 1. The van der Waals surface area contributed by atoms with Crippen molar-refractivity contribution in [1.82, 2.24) is 5.32 Å². The van der Waals surface area contributed by atoms with E-state index < -0.39 is 0 Å². The molecule has 4 saturated carbocycles. The Hall–Kier alpha value is -2.42. The Bertz CT molecular complexity index is 1020. The van der Waals surface area contributed by atoms with Crippen molar-refractivity contribution in [1.29, 1.82) is 0 Å². The standard InChI is InChI=1S/C27H30N2O/c1-17(28-2)26-15-22-13-21-14-23(27(21,22)26)25(26)20-10-8-18(9-11-20)12-24(30)29-16-19-6-4-3-5-7-19/h3-11,21-23,25H,12-16H2,1-2H3,(H,29,30)/b28-17+/t21?,22?,23?,25-,26?,27?/m1/s1. The van der Waals surface area contributed by atoms with E-state index in [4.69, 9.17) is 4.99 Å². The van der Waals surface area contributed by atoms with E-state index >= 15 is 0 Å². The molecule has 2 aromatic rings. The van der Waals surface area contributed by atoms with Crippen molar-refractivity contribution in [3.63, 3.8) is 0 Å². The summed E-state index contributed by atoms with van der Waals surface area (Å²) in [5, 5.41) is 3.03. The first-order chi connectivity index (χ1) is 14.6. The van der Waals surface area contributed by atoms with Gasteiger partial charge in [-0.15, -0.1) is 0 Å². The SMILES string of the molecule is C/N=C(\C)C12CC3CC4CC([C@H]1c1ccc(CC(=O)NCc5ccccc5)cc1)C432. The number of hydrogen-bond acceptors (Lipinski definition) is 2. The Morgan fingerprint density at radius 2 is 1.80 bits per heavy atom. The largest absolute Gasteiger partial charge is 0.352 e. The lowest BCUT2D eigenvalue weighted by Crippen LogP contribution is -2.89. The average molecular weight is 399 g/mol. The quantitative estimate of drug-likeness (QED) is 0.700. The maximum absolute atomic E-state index is 12.4. The molecule has 0 aliphatic heterocycles. The van der Waals surface area contributed by atoms with Crippen molar-refractivity contribution in [3.05, 3.63) is 71.3 Å². The van der Waals surface area contributed by atoms with E-state index in [1.165, 1.54) is 30.5 Å². The summed E-state index contributed by atoms with van der Waals surface area (Å²) < 4.78 is 0. The van der Waals surface area contributed by atoms with Crippen LogP contribution in [0.3, 0.4) is 0 Å². The van der Waals surface area contributed by atoms with Crippen molar-refractivity contribution in [2.75, 3.05) is 7.05 Å². The molecule has 0 saturated heterocycles. The Balaban J connectivity index is 1.15. The summed E-state index contributed by atoms with van der Waals surface area (Å²) >= 11 is 0. The molecular weight excluding hydrogens is 368 g/mol. The predicted octanol–water partition coefficient (Wildman–Crippen LogP) is 4.77. The summed E-state index contributed by atoms with van der Waals surface area (Å²) in [6.45, 7) is 2.86.